The van der Waals surface area contributed by atoms with Gasteiger partial charge in [-0.25, -0.2) is 13.1 Å². The van der Waals surface area contributed by atoms with E-state index in [1.54, 1.807) is 12.1 Å². The maximum atomic E-state index is 12.0. The molecule has 0 amide bonds. The van der Waals surface area contributed by atoms with Gasteiger partial charge in [-0.3, -0.25) is 0 Å². The van der Waals surface area contributed by atoms with Crippen molar-refractivity contribution in [3.8, 4) is 0 Å². The van der Waals surface area contributed by atoms with Crippen molar-refractivity contribution in [1.29, 1.82) is 0 Å². The molecule has 0 bridgehead atoms. The number of nitrogens with one attached hydrogen (secondary N) is 2. The van der Waals surface area contributed by atoms with Crippen molar-refractivity contribution in [3.63, 3.8) is 0 Å². The summed E-state index contributed by atoms with van der Waals surface area (Å²) < 4.78 is 26.6. The van der Waals surface area contributed by atoms with Crippen LogP contribution in [-0.2, 0) is 16.4 Å². The van der Waals surface area contributed by atoms with Crippen LogP contribution in [0.5, 0.6) is 0 Å². The Balaban J connectivity index is 2.02. The average molecular weight is 296 g/mol. The standard InChI is InChI=1S/C15H24N2O2S/c1-12(2)17-20(18,19)15-5-3-13(4-6-15)11-14-7-9-16-10-8-14/h3-6,12,14,16-17H,7-11H2,1-2H3. The summed E-state index contributed by atoms with van der Waals surface area (Å²) in [4.78, 5) is 0.347. The van der Waals surface area contributed by atoms with Crippen LogP contribution in [0.4, 0.5) is 0 Å². The largest absolute Gasteiger partial charge is 0.317 e. The summed E-state index contributed by atoms with van der Waals surface area (Å²) >= 11 is 0. The van der Waals surface area contributed by atoms with Crippen molar-refractivity contribution in [2.75, 3.05) is 13.1 Å². The molecule has 0 aliphatic carbocycles. The molecule has 1 aromatic carbocycles. The normalized spacial score (nSPS) is 17.6. The molecule has 0 atom stereocenters. The zero-order valence-corrected chi connectivity index (χ0v) is 13.0. The van der Waals surface area contributed by atoms with Gasteiger partial charge in [0.05, 0.1) is 4.90 Å². The van der Waals surface area contributed by atoms with Gasteiger partial charge < -0.3 is 5.32 Å². The zero-order chi connectivity index (χ0) is 14.6. The Labute approximate surface area is 122 Å². The molecule has 0 unspecified atom stereocenters. The highest BCUT2D eigenvalue weighted by Gasteiger charge is 2.16. The minimum atomic E-state index is -3.37. The quantitative estimate of drug-likeness (QED) is 0.873. The maximum absolute atomic E-state index is 12.0. The highest BCUT2D eigenvalue weighted by Crippen LogP contribution is 2.19. The third kappa shape index (κ3) is 4.30. The second-order valence-electron chi connectivity index (χ2n) is 5.82. The van der Waals surface area contributed by atoms with Crippen molar-refractivity contribution in [2.45, 2.75) is 44.0 Å². The van der Waals surface area contributed by atoms with Crippen LogP contribution in [0.3, 0.4) is 0 Å². The molecule has 5 heteroatoms. The Morgan fingerprint density at radius 3 is 2.35 bits per heavy atom. The van der Waals surface area contributed by atoms with Crippen LogP contribution >= 0.6 is 0 Å². The van der Waals surface area contributed by atoms with E-state index in [1.165, 1.54) is 18.4 Å². The zero-order valence-electron chi connectivity index (χ0n) is 12.2. The Morgan fingerprint density at radius 1 is 1.20 bits per heavy atom. The van der Waals surface area contributed by atoms with Gasteiger partial charge in [0.1, 0.15) is 0 Å². The minimum Gasteiger partial charge on any atom is -0.317 e. The van der Waals surface area contributed by atoms with Crippen LogP contribution in [0, 0.1) is 5.92 Å². The molecule has 1 heterocycles. The van der Waals surface area contributed by atoms with Crippen molar-refractivity contribution in [1.82, 2.24) is 10.0 Å². The lowest BCUT2D eigenvalue weighted by molar-refractivity contribution is 0.372. The van der Waals surface area contributed by atoms with E-state index in [1.807, 2.05) is 26.0 Å². The Morgan fingerprint density at radius 2 is 1.80 bits per heavy atom. The van der Waals surface area contributed by atoms with E-state index < -0.39 is 10.0 Å². The van der Waals surface area contributed by atoms with Gasteiger partial charge in [0, 0.05) is 6.04 Å². The molecule has 0 saturated carbocycles. The minimum absolute atomic E-state index is 0.0885. The maximum Gasteiger partial charge on any atom is 0.240 e. The van der Waals surface area contributed by atoms with Gasteiger partial charge in [0.15, 0.2) is 0 Å². The first-order valence-electron chi connectivity index (χ1n) is 7.29. The molecule has 2 N–H and O–H groups in total. The first-order chi connectivity index (χ1) is 9.47. The Kier molecular flexibility index (Phi) is 5.18. The molecule has 1 aliphatic heterocycles. The van der Waals surface area contributed by atoms with E-state index in [0.717, 1.165) is 19.5 Å². The topological polar surface area (TPSA) is 58.2 Å². The number of rotatable bonds is 5. The van der Waals surface area contributed by atoms with Crippen LogP contribution < -0.4 is 10.0 Å². The second kappa shape index (κ2) is 6.70. The summed E-state index contributed by atoms with van der Waals surface area (Å²) in [5, 5.41) is 3.36. The van der Waals surface area contributed by atoms with E-state index in [-0.39, 0.29) is 6.04 Å². The molecule has 4 nitrogen and oxygen atoms in total. The molecule has 2 rings (SSSR count). The van der Waals surface area contributed by atoms with Gasteiger partial charge in [-0.15, -0.1) is 0 Å². The van der Waals surface area contributed by atoms with E-state index in [2.05, 4.69) is 10.0 Å². The first-order valence-corrected chi connectivity index (χ1v) is 8.77. The molecular formula is C15H24N2O2S. The van der Waals surface area contributed by atoms with Gasteiger partial charge in [0.25, 0.3) is 0 Å². The first kappa shape index (κ1) is 15.5. The Bertz CT molecular complexity index is 517. The summed E-state index contributed by atoms with van der Waals surface area (Å²) in [6.07, 6.45) is 3.45. The van der Waals surface area contributed by atoms with Crippen LogP contribution in [0.15, 0.2) is 29.2 Å². The van der Waals surface area contributed by atoms with E-state index in [0.29, 0.717) is 10.8 Å². The predicted octanol–water partition coefficient (Wildman–Crippen LogP) is 1.92. The van der Waals surface area contributed by atoms with Crippen LogP contribution in [0.2, 0.25) is 0 Å². The van der Waals surface area contributed by atoms with E-state index in [4.69, 9.17) is 0 Å². The van der Waals surface area contributed by atoms with Gasteiger partial charge in [-0.2, -0.15) is 0 Å². The predicted molar refractivity (Wildman–Crippen MR) is 81.2 cm³/mol. The number of hydrogen-bond donors (Lipinski definition) is 2. The summed E-state index contributed by atoms with van der Waals surface area (Å²) in [5.74, 6) is 0.715. The number of benzene rings is 1. The fraction of sp³-hybridized carbons (Fsp3) is 0.600. The van der Waals surface area contributed by atoms with E-state index in [9.17, 15) is 8.42 Å². The molecule has 1 saturated heterocycles. The molecule has 1 fully saturated rings. The molecule has 112 valence electrons. The fourth-order valence-corrected chi connectivity index (χ4v) is 3.85. The molecule has 20 heavy (non-hydrogen) atoms. The molecular weight excluding hydrogens is 272 g/mol. The third-order valence-electron chi connectivity index (χ3n) is 3.61. The molecule has 0 aromatic heterocycles. The Hall–Kier alpha value is -0.910. The van der Waals surface area contributed by atoms with Crippen molar-refractivity contribution in [3.05, 3.63) is 29.8 Å². The highest BCUT2D eigenvalue weighted by molar-refractivity contribution is 7.89. The van der Waals surface area contributed by atoms with Crippen LogP contribution in [-0.4, -0.2) is 27.5 Å². The summed E-state index contributed by atoms with van der Waals surface area (Å²) in [6.45, 7) is 5.83. The third-order valence-corrected chi connectivity index (χ3v) is 5.28. The SMILES string of the molecule is CC(C)NS(=O)(=O)c1ccc(CC2CCNCC2)cc1. The van der Waals surface area contributed by atoms with Gasteiger partial charge in [-0.05, 0) is 69.8 Å². The van der Waals surface area contributed by atoms with Crippen molar-refractivity contribution in [2.24, 2.45) is 5.92 Å². The molecule has 1 aromatic rings. The van der Waals surface area contributed by atoms with E-state index >= 15 is 0 Å². The summed E-state index contributed by atoms with van der Waals surface area (Å²) in [6, 6.07) is 7.21. The average Bonchev–Trinajstić information content (AvgIpc) is 2.39. The number of piperidine rings is 1. The molecule has 1 aliphatic rings. The fourth-order valence-electron chi connectivity index (χ4n) is 2.60. The monoisotopic (exact) mass is 296 g/mol. The lowest BCUT2D eigenvalue weighted by Gasteiger charge is -2.22. The van der Waals surface area contributed by atoms with Crippen LogP contribution in [0.25, 0.3) is 0 Å². The number of hydrogen-bond acceptors (Lipinski definition) is 3. The number of sulfonamides is 1. The van der Waals surface area contributed by atoms with Gasteiger partial charge >= 0.3 is 0 Å². The summed E-state index contributed by atoms with van der Waals surface area (Å²) in [7, 11) is -3.37. The van der Waals surface area contributed by atoms with Gasteiger partial charge in [-0.1, -0.05) is 12.1 Å². The lowest BCUT2D eigenvalue weighted by Crippen LogP contribution is -2.30. The van der Waals surface area contributed by atoms with Crippen LogP contribution in [0.1, 0.15) is 32.3 Å². The van der Waals surface area contributed by atoms with Crippen molar-refractivity contribution >= 4 is 10.0 Å². The summed E-state index contributed by atoms with van der Waals surface area (Å²) in [5.41, 5.74) is 1.22. The highest BCUT2D eigenvalue weighted by atomic mass is 32.2. The molecule has 0 spiro atoms. The lowest BCUT2D eigenvalue weighted by atomic mass is 9.91. The van der Waals surface area contributed by atoms with Crippen molar-refractivity contribution < 1.29 is 8.42 Å². The smallest absolute Gasteiger partial charge is 0.240 e. The molecule has 0 radical (unpaired) electrons. The van der Waals surface area contributed by atoms with Gasteiger partial charge in [0.2, 0.25) is 10.0 Å². The second-order valence-corrected chi connectivity index (χ2v) is 7.53.